The van der Waals surface area contributed by atoms with Crippen LogP contribution in [-0.4, -0.2) is 16.3 Å². The first kappa shape index (κ1) is 17.0. The molecular weight excluding hydrogens is 289 g/mol. The molecule has 2 heterocycles. The van der Waals surface area contributed by atoms with Gasteiger partial charge in [-0.3, -0.25) is 4.79 Å². The maximum absolute atomic E-state index is 12.6. The minimum Gasteiger partial charge on any atom is -0.549 e. The van der Waals surface area contributed by atoms with Crippen molar-refractivity contribution in [3.8, 4) is 0 Å². The van der Waals surface area contributed by atoms with Crippen LogP contribution < -0.4 is 34.7 Å². The summed E-state index contributed by atoms with van der Waals surface area (Å²) in [6, 6.07) is 12.5. The monoisotopic (exact) mass is 305 g/mol. The van der Waals surface area contributed by atoms with Crippen LogP contribution in [0, 0.1) is 0 Å². The fourth-order valence-corrected chi connectivity index (χ4v) is 2.98. The number of ketones is 1. The van der Waals surface area contributed by atoms with Gasteiger partial charge in [-0.25, -0.2) is 0 Å². The van der Waals surface area contributed by atoms with Crippen molar-refractivity contribution < 1.29 is 44.3 Å². The molecule has 4 nitrogen and oxygen atoms in total. The Bertz CT molecular complexity index is 678. The van der Waals surface area contributed by atoms with Crippen LogP contribution in [0.25, 0.3) is 0 Å². The molecule has 0 radical (unpaired) electrons. The maximum Gasteiger partial charge on any atom is 1.00 e. The van der Waals surface area contributed by atoms with Crippen molar-refractivity contribution in [3.05, 3.63) is 59.4 Å². The molecule has 2 aromatic rings. The summed E-state index contributed by atoms with van der Waals surface area (Å²) in [7, 11) is 0. The number of carboxylic acids is 1. The van der Waals surface area contributed by atoms with Gasteiger partial charge in [-0.1, -0.05) is 36.8 Å². The van der Waals surface area contributed by atoms with Gasteiger partial charge in [0.25, 0.3) is 0 Å². The molecule has 0 fully saturated rings. The van der Waals surface area contributed by atoms with Crippen molar-refractivity contribution in [3.63, 3.8) is 0 Å². The average molecular weight is 305 g/mol. The third-order valence-corrected chi connectivity index (χ3v) is 4.05. The molecule has 0 saturated carbocycles. The van der Waals surface area contributed by atoms with Crippen LogP contribution in [0.2, 0.25) is 0 Å². The number of carbonyl (C=O) groups excluding carboxylic acids is 2. The van der Waals surface area contributed by atoms with Gasteiger partial charge in [-0.05, 0) is 25.0 Å². The fraction of sp³-hybridized carbons (Fsp3) is 0.294. The molecule has 1 aliphatic heterocycles. The number of hydrogen-bond donors (Lipinski definition) is 0. The number of aromatic nitrogens is 1. The molecule has 1 aliphatic rings. The van der Waals surface area contributed by atoms with Gasteiger partial charge < -0.3 is 14.5 Å². The van der Waals surface area contributed by atoms with Crippen LogP contribution >= 0.6 is 0 Å². The standard InChI is InChI=1S/C17H17NO3.Na/c19-16(12-6-2-1-3-7-12)15-10-9-14-13(17(20)21)8-4-5-11-18(14)15;/h1-3,6-7,9-10,13H,4-5,8,11H2,(H,20,21);/q;+1/p-1. The Kier molecular flexibility index (Phi) is 5.62. The van der Waals surface area contributed by atoms with Gasteiger partial charge in [0.15, 0.2) is 0 Å². The molecule has 1 atom stereocenters. The zero-order chi connectivity index (χ0) is 14.8. The van der Waals surface area contributed by atoms with E-state index in [0.29, 0.717) is 29.9 Å². The molecule has 108 valence electrons. The summed E-state index contributed by atoms with van der Waals surface area (Å²) >= 11 is 0. The summed E-state index contributed by atoms with van der Waals surface area (Å²) in [5, 5.41) is 11.3. The molecule has 22 heavy (non-hydrogen) atoms. The average Bonchev–Trinajstić information content (AvgIpc) is 2.79. The van der Waals surface area contributed by atoms with E-state index in [0.717, 1.165) is 12.8 Å². The van der Waals surface area contributed by atoms with Crippen molar-refractivity contribution >= 4 is 11.8 Å². The molecule has 5 heteroatoms. The van der Waals surface area contributed by atoms with Crippen LogP contribution in [0.5, 0.6) is 0 Å². The van der Waals surface area contributed by atoms with E-state index in [-0.39, 0.29) is 35.3 Å². The van der Waals surface area contributed by atoms with Crippen molar-refractivity contribution in [2.24, 2.45) is 0 Å². The smallest absolute Gasteiger partial charge is 0.549 e. The third-order valence-electron chi connectivity index (χ3n) is 4.05. The maximum atomic E-state index is 12.6. The van der Waals surface area contributed by atoms with E-state index in [1.54, 1.807) is 24.3 Å². The summed E-state index contributed by atoms with van der Waals surface area (Å²) in [6.45, 7) is 0.681. The number of nitrogens with zero attached hydrogens (tertiary/aromatic N) is 1. The van der Waals surface area contributed by atoms with Gasteiger partial charge in [0.1, 0.15) is 0 Å². The minimum atomic E-state index is -1.06. The Morgan fingerprint density at radius 2 is 1.77 bits per heavy atom. The van der Waals surface area contributed by atoms with E-state index < -0.39 is 11.9 Å². The number of rotatable bonds is 3. The molecule has 0 amide bonds. The molecule has 0 aliphatic carbocycles. The molecule has 3 rings (SSSR count). The second-order valence-corrected chi connectivity index (χ2v) is 5.36. The van der Waals surface area contributed by atoms with E-state index in [1.807, 2.05) is 22.8 Å². The summed E-state index contributed by atoms with van der Waals surface area (Å²) in [5.74, 6) is -1.75. The molecule has 1 aromatic carbocycles. The minimum absolute atomic E-state index is 0. The molecular formula is C17H16NNaO3. The summed E-state index contributed by atoms with van der Waals surface area (Å²) in [5.41, 5.74) is 1.86. The van der Waals surface area contributed by atoms with E-state index in [4.69, 9.17) is 0 Å². The molecule has 1 unspecified atom stereocenters. The zero-order valence-corrected chi connectivity index (χ0v) is 14.6. The van der Waals surface area contributed by atoms with Crippen LogP contribution in [-0.2, 0) is 11.3 Å². The van der Waals surface area contributed by atoms with E-state index in [1.165, 1.54) is 0 Å². The molecule has 1 aromatic heterocycles. The number of aliphatic carboxylic acids is 1. The predicted molar refractivity (Wildman–Crippen MR) is 75.9 cm³/mol. The summed E-state index contributed by atoms with van der Waals surface area (Å²) < 4.78 is 1.85. The SMILES string of the molecule is O=C(c1ccccc1)c1ccc2n1CCCCC2C(=O)[O-].[Na+]. The fourth-order valence-electron chi connectivity index (χ4n) is 2.98. The molecule has 0 spiro atoms. The van der Waals surface area contributed by atoms with Gasteiger partial charge in [-0.15, -0.1) is 0 Å². The zero-order valence-electron chi connectivity index (χ0n) is 12.6. The van der Waals surface area contributed by atoms with Crippen LogP contribution in [0.4, 0.5) is 0 Å². The second-order valence-electron chi connectivity index (χ2n) is 5.36. The Balaban J connectivity index is 0.00000176. The number of benzene rings is 1. The topological polar surface area (TPSA) is 62.1 Å². The van der Waals surface area contributed by atoms with Gasteiger partial charge in [-0.2, -0.15) is 0 Å². The van der Waals surface area contributed by atoms with Gasteiger partial charge in [0.2, 0.25) is 5.78 Å². The number of fused-ring (bicyclic) bond motifs is 1. The first-order valence-corrected chi connectivity index (χ1v) is 7.18. The molecule has 0 bridgehead atoms. The Morgan fingerprint density at radius 1 is 1.05 bits per heavy atom. The van der Waals surface area contributed by atoms with Gasteiger partial charge in [0, 0.05) is 23.7 Å². The number of hydrogen-bond acceptors (Lipinski definition) is 3. The third kappa shape index (κ3) is 3.19. The van der Waals surface area contributed by atoms with Crippen molar-refractivity contribution in [1.29, 1.82) is 0 Å². The number of carbonyl (C=O) groups is 2. The van der Waals surface area contributed by atoms with E-state index in [2.05, 4.69) is 0 Å². The first-order valence-electron chi connectivity index (χ1n) is 7.18. The largest absolute Gasteiger partial charge is 1.00 e. The van der Waals surface area contributed by atoms with Crippen molar-refractivity contribution in [2.45, 2.75) is 31.7 Å². The Morgan fingerprint density at radius 3 is 2.45 bits per heavy atom. The Hall–Kier alpha value is -1.36. The van der Waals surface area contributed by atoms with Gasteiger partial charge in [0.05, 0.1) is 11.7 Å². The summed E-state index contributed by atoms with van der Waals surface area (Å²) in [6.07, 6.45) is 2.28. The van der Waals surface area contributed by atoms with Crippen LogP contribution in [0.15, 0.2) is 42.5 Å². The molecule has 0 N–H and O–H groups in total. The number of carboxylic acid groups (broad SMARTS) is 1. The quantitative estimate of drug-likeness (QED) is 0.525. The first-order chi connectivity index (χ1) is 10.2. The van der Waals surface area contributed by atoms with Gasteiger partial charge >= 0.3 is 29.6 Å². The second kappa shape index (κ2) is 7.27. The Labute approximate surface area is 151 Å². The molecule has 0 saturated heterocycles. The van der Waals surface area contributed by atoms with E-state index in [9.17, 15) is 14.7 Å². The predicted octanol–water partition coefficient (Wildman–Crippen LogP) is -1.26. The summed E-state index contributed by atoms with van der Waals surface area (Å²) in [4.78, 5) is 23.9. The van der Waals surface area contributed by atoms with Crippen LogP contribution in [0.3, 0.4) is 0 Å². The van der Waals surface area contributed by atoms with Crippen LogP contribution in [0.1, 0.15) is 46.9 Å². The van der Waals surface area contributed by atoms with Crippen molar-refractivity contribution in [2.75, 3.05) is 0 Å². The van der Waals surface area contributed by atoms with E-state index >= 15 is 0 Å². The van der Waals surface area contributed by atoms with Crippen molar-refractivity contribution in [1.82, 2.24) is 4.57 Å². The normalized spacial score (nSPS) is 17.0.